The zero-order valence-corrected chi connectivity index (χ0v) is 43.1. The molecule has 22 nitrogen and oxygen atoms in total. The van der Waals surface area contributed by atoms with Crippen LogP contribution in [0.5, 0.6) is 0 Å². The standard InChI is InChI=1S/C50H48N6O16S4/c51-45-39(75(65,66)67)27-37(41-43(45)49(59)35-13-3-1-11-33(35)47(41)57)55-29-7-5-9-31(25-29)73(61,62)23-17-53-15-19-71-21-22-72-20-16-54-18-24-74(63,64)32-10-6-8-30(26-32)56-38-28-40(76(68,69)70)46(52)44-42(38)48(58)34-12-2-4-14-36(34)50(44)60/h1-14,25-28,53-56H,15-24,51-52H2,(H,65,66,67)(H,68,69,70). The third-order valence-corrected chi connectivity index (χ3v) is 17.4. The minimum atomic E-state index is -4.98. The smallest absolute Gasteiger partial charge is 0.296 e. The first-order chi connectivity index (χ1) is 36.0. The van der Waals surface area contributed by atoms with Gasteiger partial charge in [0, 0.05) is 59.8 Å². The van der Waals surface area contributed by atoms with Gasteiger partial charge in [0.15, 0.2) is 42.8 Å². The second kappa shape index (κ2) is 22.2. The first kappa shape index (κ1) is 55.0. The van der Waals surface area contributed by atoms with Crippen molar-refractivity contribution in [2.75, 3.05) is 86.2 Å². The van der Waals surface area contributed by atoms with Gasteiger partial charge in [0.1, 0.15) is 9.79 Å². The Bertz CT molecular complexity index is 3580. The highest BCUT2D eigenvalue weighted by Gasteiger charge is 2.38. The maximum Gasteiger partial charge on any atom is 0.296 e. The molecule has 0 aromatic heterocycles. The van der Waals surface area contributed by atoms with E-state index in [0.29, 0.717) is 13.1 Å². The lowest BCUT2D eigenvalue weighted by Gasteiger charge is -2.23. The van der Waals surface area contributed by atoms with E-state index < -0.39 is 95.3 Å². The first-order valence-electron chi connectivity index (χ1n) is 23.0. The second-order valence-corrected chi connectivity index (χ2v) is 24.2. The maximum absolute atomic E-state index is 13.7. The molecule has 0 atom stereocenters. The molecular weight excluding hydrogens is 1070 g/mol. The van der Waals surface area contributed by atoms with Crippen LogP contribution in [0.2, 0.25) is 0 Å². The molecule has 0 aliphatic heterocycles. The van der Waals surface area contributed by atoms with E-state index in [4.69, 9.17) is 20.9 Å². The fourth-order valence-corrected chi connectivity index (χ4v) is 12.3. The van der Waals surface area contributed by atoms with Crippen molar-refractivity contribution in [2.24, 2.45) is 0 Å². The van der Waals surface area contributed by atoms with Crippen molar-refractivity contribution in [3.63, 3.8) is 0 Å². The average Bonchev–Trinajstić information content (AvgIpc) is 3.37. The number of anilines is 6. The molecule has 6 aromatic rings. The summed E-state index contributed by atoms with van der Waals surface area (Å²) in [5.74, 6) is -3.37. The van der Waals surface area contributed by atoms with Gasteiger partial charge in [-0.15, -0.1) is 0 Å². The number of fused-ring (bicyclic) bond motifs is 4. The number of nitrogens with one attached hydrogen (secondary N) is 4. The number of hydrogen-bond acceptors (Lipinski definition) is 20. The Morgan fingerprint density at radius 1 is 0.421 bits per heavy atom. The average molecular weight is 1120 g/mol. The maximum atomic E-state index is 13.7. The zero-order valence-electron chi connectivity index (χ0n) is 39.9. The van der Waals surface area contributed by atoms with E-state index in [9.17, 15) is 62.0 Å². The van der Waals surface area contributed by atoms with Crippen LogP contribution >= 0.6 is 0 Å². The molecule has 0 spiro atoms. The van der Waals surface area contributed by atoms with E-state index in [2.05, 4.69) is 21.3 Å². The summed E-state index contributed by atoms with van der Waals surface area (Å²) in [6.07, 6.45) is 0. The fraction of sp³-hybridized carbons (Fsp3) is 0.200. The van der Waals surface area contributed by atoms with Gasteiger partial charge in [-0.3, -0.25) is 28.3 Å². The molecule has 2 aliphatic carbocycles. The van der Waals surface area contributed by atoms with Crippen LogP contribution in [0.25, 0.3) is 0 Å². The monoisotopic (exact) mass is 1120 g/mol. The summed E-state index contributed by atoms with van der Waals surface area (Å²) in [4.78, 5) is 52.5. The van der Waals surface area contributed by atoms with Gasteiger partial charge < -0.3 is 42.2 Å². The number of benzene rings is 6. The topological polar surface area (TPSA) is 364 Å². The van der Waals surface area contributed by atoms with Gasteiger partial charge in [-0.1, -0.05) is 60.7 Å². The van der Waals surface area contributed by atoms with Crippen LogP contribution in [0.3, 0.4) is 0 Å². The minimum absolute atomic E-state index is 0.00189. The summed E-state index contributed by atoms with van der Waals surface area (Å²) in [6.45, 7) is 1.56. The summed E-state index contributed by atoms with van der Waals surface area (Å²) in [5, 5.41) is 11.7. The number of hydrogen-bond donors (Lipinski definition) is 8. The Labute approximate surface area is 436 Å². The number of carbonyl (C=O) groups excluding carboxylic acids is 4. The summed E-state index contributed by atoms with van der Waals surface area (Å²) in [5.41, 5.74) is 9.55. The number of ether oxygens (including phenoxy) is 2. The zero-order chi connectivity index (χ0) is 54.7. The van der Waals surface area contributed by atoms with Gasteiger partial charge in [0.2, 0.25) is 0 Å². The Kier molecular flexibility index (Phi) is 16.0. The largest absolute Gasteiger partial charge is 0.397 e. The van der Waals surface area contributed by atoms with E-state index in [-0.39, 0.29) is 117 Å². The molecule has 0 radical (unpaired) electrons. The van der Waals surface area contributed by atoms with Crippen LogP contribution < -0.4 is 32.7 Å². The molecule has 26 heteroatoms. The predicted molar refractivity (Wildman–Crippen MR) is 279 cm³/mol. The summed E-state index contributed by atoms with van der Waals surface area (Å²) >= 11 is 0. The predicted octanol–water partition coefficient (Wildman–Crippen LogP) is 3.84. The Balaban J connectivity index is 0.752. The third-order valence-electron chi connectivity index (χ3n) is 12.2. The number of ketones is 4. The molecule has 0 bridgehead atoms. The number of nitrogen functional groups attached to an aromatic ring is 2. The van der Waals surface area contributed by atoms with Gasteiger partial charge in [-0.2, -0.15) is 16.8 Å². The molecule has 0 saturated heterocycles. The number of rotatable bonds is 23. The van der Waals surface area contributed by atoms with Gasteiger partial charge in [-0.25, -0.2) is 16.8 Å². The van der Waals surface area contributed by atoms with Crippen molar-refractivity contribution in [3.05, 3.63) is 154 Å². The lowest BCUT2D eigenvalue weighted by molar-refractivity contribution is 0.0502. The van der Waals surface area contributed by atoms with E-state index >= 15 is 0 Å². The lowest BCUT2D eigenvalue weighted by atomic mass is 9.82. The molecule has 0 heterocycles. The van der Waals surface area contributed by atoms with Crippen LogP contribution in [0.15, 0.2) is 129 Å². The second-order valence-electron chi connectivity index (χ2n) is 17.2. The highest BCUT2D eigenvalue weighted by atomic mass is 32.2. The number of carbonyl (C=O) groups is 4. The Hall–Kier alpha value is -7.24. The Morgan fingerprint density at radius 3 is 1.11 bits per heavy atom. The molecule has 398 valence electrons. The van der Waals surface area contributed by atoms with Crippen LogP contribution in [-0.4, -0.2) is 130 Å². The van der Waals surface area contributed by atoms with Crippen molar-refractivity contribution in [2.45, 2.75) is 19.6 Å². The molecule has 76 heavy (non-hydrogen) atoms. The number of sulfone groups is 2. The normalized spacial score (nSPS) is 13.4. The quantitative estimate of drug-likeness (QED) is 0.0256. The highest BCUT2D eigenvalue weighted by molar-refractivity contribution is 7.91. The van der Waals surface area contributed by atoms with Crippen molar-refractivity contribution in [3.8, 4) is 0 Å². The van der Waals surface area contributed by atoms with Gasteiger partial charge in [0.05, 0.1) is 92.7 Å². The van der Waals surface area contributed by atoms with Crippen LogP contribution in [0.1, 0.15) is 63.7 Å². The van der Waals surface area contributed by atoms with Crippen molar-refractivity contribution >= 4 is 97.2 Å². The third kappa shape index (κ3) is 11.6. The fourth-order valence-electron chi connectivity index (χ4n) is 8.57. The van der Waals surface area contributed by atoms with E-state index in [1.807, 2.05) is 0 Å². The molecule has 0 fully saturated rings. The van der Waals surface area contributed by atoms with Gasteiger partial charge in [-0.05, 0) is 48.5 Å². The molecule has 6 aromatic carbocycles. The molecule has 2 aliphatic rings. The summed E-state index contributed by atoms with van der Waals surface area (Å²) in [6, 6.07) is 24.7. The van der Waals surface area contributed by atoms with Crippen molar-refractivity contribution in [1.82, 2.24) is 10.6 Å². The van der Waals surface area contributed by atoms with Crippen LogP contribution in [0.4, 0.5) is 34.1 Å². The highest BCUT2D eigenvalue weighted by Crippen LogP contribution is 2.42. The van der Waals surface area contributed by atoms with Crippen LogP contribution in [-0.2, 0) is 49.4 Å². The molecule has 0 amide bonds. The molecule has 8 rings (SSSR count). The van der Waals surface area contributed by atoms with E-state index in [1.165, 1.54) is 84.9 Å². The SMILES string of the molecule is Nc1c(S(=O)(=O)O)cc(Nc2cccc(S(=O)(=O)CCNCCOCCOCCNCCS(=O)(=O)c3cccc(Nc4cc(S(=O)(=O)O)c(N)c5c4C(=O)c4ccccc4C5=O)c3)c2)c2c1C(=O)c1ccccc1C2=O. The summed E-state index contributed by atoms with van der Waals surface area (Å²) in [7, 11) is -17.7. The van der Waals surface area contributed by atoms with Gasteiger partial charge >= 0.3 is 0 Å². The van der Waals surface area contributed by atoms with E-state index in [1.54, 1.807) is 12.1 Å². The molecular formula is C50H48N6O16S4. The molecule has 0 saturated carbocycles. The minimum Gasteiger partial charge on any atom is -0.397 e. The van der Waals surface area contributed by atoms with Crippen molar-refractivity contribution < 1.29 is 71.4 Å². The van der Waals surface area contributed by atoms with Crippen LogP contribution in [0, 0.1) is 0 Å². The summed E-state index contributed by atoms with van der Waals surface area (Å²) < 4.78 is 133. The Morgan fingerprint density at radius 2 is 0.763 bits per heavy atom. The van der Waals surface area contributed by atoms with Gasteiger partial charge in [0.25, 0.3) is 20.2 Å². The molecule has 10 N–H and O–H groups in total. The first-order valence-corrected chi connectivity index (χ1v) is 29.2. The molecule has 0 unspecified atom stereocenters. The van der Waals surface area contributed by atoms with E-state index in [0.717, 1.165) is 12.1 Å². The number of nitrogens with two attached hydrogens (primary N) is 2. The lowest BCUT2D eigenvalue weighted by Crippen LogP contribution is -2.27. The van der Waals surface area contributed by atoms with Crippen molar-refractivity contribution in [1.29, 1.82) is 0 Å².